The maximum absolute atomic E-state index is 6.07. The molecule has 104 valence electrons. The van der Waals surface area contributed by atoms with Crippen LogP contribution in [0, 0.1) is 0 Å². The third kappa shape index (κ3) is 3.43. The highest BCUT2D eigenvalue weighted by Crippen LogP contribution is 2.20. The molecule has 1 aliphatic rings. The average Bonchev–Trinajstić information content (AvgIpc) is 2.77. The first-order valence-corrected chi connectivity index (χ1v) is 6.58. The van der Waals surface area contributed by atoms with E-state index in [1.807, 2.05) is 4.68 Å². The standard InChI is InChI=1S/C12H23N5.ClH/c1-3-17-12(14-9-15-17)8-16-7-5-4-6-11(16)10(2)13;/h9-11H,3-8,13H2,1-2H3;1H. The summed E-state index contributed by atoms with van der Waals surface area (Å²) < 4.78 is 1.97. The minimum Gasteiger partial charge on any atom is -0.327 e. The molecule has 18 heavy (non-hydrogen) atoms. The fourth-order valence-corrected chi connectivity index (χ4v) is 2.66. The van der Waals surface area contributed by atoms with Crippen molar-refractivity contribution in [2.75, 3.05) is 6.54 Å². The molecule has 0 saturated carbocycles. The van der Waals surface area contributed by atoms with Crippen molar-refractivity contribution in [3.05, 3.63) is 12.2 Å². The lowest BCUT2D eigenvalue weighted by molar-refractivity contribution is 0.118. The molecule has 2 atom stereocenters. The highest BCUT2D eigenvalue weighted by molar-refractivity contribution is 5.85. The largest absolute Gasteiger partial charge is 0.327 e. The van der Waals surface area contributed by atoms with Crippen LogP contribution in [0.2, 0.25) is 0 Å². The Morgan fingerprint density at radius 3 is 2.94 bits per heavy atom. The lowest BCUT2D eigenvalue weighted by Gasteiger charge is -2.37. The maximum Gasteiger partial charge on any atom is 0.141 e. The minimum absolute atomic E-state index is 0. The van der Waals surface area contributed by atoms with Gasteiger partial charge in [-0.05, 0) is 33.2 Å². The zero-order chi connectivity index (χ0) is 12.3. The average molecular weight is 274 g/mol. The van der Waals surface area contributed by atoms with Crippen molar-refractivity contribution in [2.24, 2.45) is 5.73 Å². The molecule has 0 bridgehead atoms. The monoisotopic (exact) mass is 273 g/mol. The van der Waals surface area contributed by atoms with Crippen LogP contribution in [-0.2, 0) is 13.1 Å². The van der Waals surface area contributed by atoms with Gasteiger partial charge in [0.2, 0.25) is 0 Å². The van der Waals surface area contributed by atoms with Crippen LogP contribution in [0.1, 0.15) is 38.9 Å². The number of rotatable bonds is 4. The lowest BCUT2D eigenvalue weighted by Crippen LogP contribution is -2.48. The topological polar surface area (TPSA) is 60.0 Å². The number of hydrogen-bond donors (Lipinski definition) is 1. The maximum atomic E-state index is 6.07. The van der Waals surface area contributed by atoms with Gasteiger partial charge in [0.05, 0.1) is 6.54 Å². The lowest BCUT2D eigenvalue weighted by atomic mass is 9.97. The van der Waals surface area contributed by atoms with Gasteiger partial charge in [0.1, 0.15) is 12.2 Å². The summed E-state index contributed by atoms with van der Waals surface area (Å²) in [7, 11) is 0. The summed E-state index contributed by atoms with van der Waals surface area (Å²) in [4.78, 5) is 6.81. The summed E-state index contributed by atoms with van der Waals surface area (Å²) in [6.45, 7) is 7.08. The van der Waals surface area contributed by atoms with E-state index in [0.717, 1.165) is 25.5 Å². The van der Waals surface area contributed by atoms with Crippen molar-refractivity contribution in [2.45, 2.75) is 58.3 Å². The van der Waals surface area contributed by atoms with Gasteiger partial charge in [-0.1, -0.05) is 6.42 Å². The van der Waals surface area contributed by atoms with Gasteiger partial charge in [0.25, 0.3) is 0 Å². The molecule has 0 aliphatic carbocycles. The fourth-order valence-electron chi connectivity index (χ4n) is 2.66. The van der Waals surface area contributed by atoms with E-state index in [0.29, 0.717) is 6.04 Å². The molecule has 5 nitrogen and oxygen atoms in total. The van der Waals surface area contributed by atoms with E-state index in [2.05, 4.69) is 28.8 Å². The summed E-state index contributed by atoms with van der Waals surface area (Å²) >= 11 is 0. The molecule has 1 saturated heterocycles. The number of aromatic nitrogens is 3. The molecule has 0 aromatic carbocycles. The van der Waals surface area contributed by atoms with E-state index >= 15 is 0 Å². The predicted molar refractivity (Wildman–Crippen MR) is 74.6 cm³/mol. The van der Waals surface area contributed by atoms with Gasteiger partial charge < -0.3 is 5.73 Å². The minimum atomic E-state index is 0. The van der Waals surface area contributed by atoms with Crippen molar-refractivity contribution in [1.82, 2.24) is 19.7 Å². The predicted octanol–water partition coefficient (Wildman–Crippen LogP) is 1.42. The third-order valence-corrected chi connectivity index (χ3v) is 3.61. The summed E-state index contributed by atoms with van der Waals surface area (Å²) in [5, 5.41) is 4.22. The number of nitrogens with zero attached hydrogens (tertiary/aromatic N) is 4. The molecule has 6 heteroatoms. The SMILES string of the molecule is CCn1ncnc1CN1CCCCC1C(C)N.Cl. The molecule has 2 unspecified atom stereocenters. The normalized spacial score (nSPS) is 22.5. The molecule has 1 aromatic heterocycles. The molecular weight excluding hydrogens is 250 g/mol. The summed E-state index contributed by atoms with van der Waals surface area (Å²) in [6, 6.07) is 0.721. The molecular formula is C12H24ClN5. The molecule has 0 spiro atoms. The van der Waals surface area contributed by atoms with Crippen molar-refractivity contribution >= 4 is 12.4 Å². The number of piperidine rings is 1. The van der Waals surface area contributed by atoms with E-state index < -0.39 is 0 Å². The second-order valence-corrected chi connectivity index (χ2v) is 4.88. The first-order valence-electron chi connectivity index (χ1n) is 6.58. The van der Waals surface area contributed by atoms with Crippen molar-refractivity contribution in [3.63, 3.8) is 0 Å². The highest BCUT2D eigenvalue weighted by atomic mass is 35.5. The van der Waals surface area contributed by atoms with Gasteiger partial charge in [-0.3, -0.25) is 4.90 Å². The van der Waals surface area contributed by atoms with Crippen LogP contribution in [0.4, 0.5) is 0 Å². The van der Waals surface area contributed by atoms with Gasteiger partial charge in [-0.25, -0.2) is 9.67 Å². The molecule has 2 heterocycles. The zero-order valence-electron chi connectivity index (χ0n) is 11.2. The van der Waals surface area contributed by atoms with Gasteiger partial charge in [-0.15, -0.1) is 12.4 Å². The summed E-state index contributed by atoms with van der Waals surface area (Å²) in [6.07, 6.45) is 5.41. The fraction of sp³-hybridized carbons (Fsp3) is 0.833. The van der Waals surface area contributed by atoms with Gasteiger partial charge in [0, 0.05) is 18.6 Å². The summed E-state index contributed by atoms with van der Waals surface area (Å²) in [5.74, 6) is 1.06. The smallest absolute Gasteiger partial charge is 0.141 e. The van der Waals surface area contributed by atoms with Crippen LogP contribution < -0.4 is 5.73 Å². The first-order chi connectivity index (χ1) is 8.22. The number of likely N-dealkylation sites (tertiary alicyclic amines) is 1. The highest BCUT2D eigenvalue weighted by Gasteiger charge is 2.26. The van der Waals surface area contributed by atoms with E-state index in [-0.39, 0.29) is 18.4 Å². The molecule has 1 aliphatic heterocycles. The van der Waals surface area contributed by atoms with E-state index in [1.165, 1.54) is 19.3 Å². The molecule has 0 radical (unpaired) electrons. The molecule has 1 fully saturated rings. The summed E-state index contributed by atoms with van der Waals surface area (Å²) in [5.41, 5.74) is 6.07. The Kier molecular flexibility index (Phi) is 6.05. The Morgan fingerprint density at radius 2 is 2.28 bits per heavy atom. The van der Waals surface area contributed by atoms with Crippen molar-refractivity contribution in [1.29, 1.82) is 0 Å². The molecule has 0 amide bonds. The van der Waals surface area contributed by atoms with Crippen LogP contribution in [0.3, 0.4) is 0 Å². The van der Waals surface area contributed by atoms with Gasteiger partial charge in [-0.2, -0.15) is 5.10 Å². The Morgan fingerprint density at radius 1 is 1.50 bits per heavy atom. The Bertz CT molecular complexity index is 352. The Labute approximate surface area is 115 Å². The number of hydrogen-bond acceptors (Lipinski definition) is 4. The van der Waals surface area contributed by atoms with Crippen molar-refractivity contribution < 1.29 is 0 Å². The zero-order valence-corrected chi connectivity index (χ0v) is 12.1. The van der Waals surface area contributed by atoms with Crippen LogP contribution in [0.25, 0.3) is 0 Å². The van der Waals surface area contributed by atoms with Crippen LogP contribution in [0.15, 0.2) is 6.33 Å². The van der Waals surface area contributed by atoms with Crippen LogP contribution >= 0.6 is 12.4 Å². The number of aryl methyl sites for hydroxylation is 1. The second-order valence-electron chi connectivity index (χ2n) is 4.88. The first kappa shape index (κ1) is 15.4. The molecule has 2 N–H and O–H groups in total. The Hall–Kier alpha value is -0.650. The van der Waals surface area contributed by atoms with Crippen LogP contribution in [-0.4, -0.2) is 38.3 Å². The van der Waals surface area contributed by atoms with Crippen molar-refractivity contribution in [3.8, 4) is 0 Å². The third-order valence-electron chi connectivity index (χ3n) is 3.61. The van der Waals surface area contributed by atoms with Crippen LogP contribution in [0.5, 0.6) is 0 Å². The number of nitrogens with two attached hydrogens (primary N) is 1. The van der Waals surface area contributed by atoms with Gasteiger partial charge >= 0.3 is 0 Å². The Balaban J connectivity index is 0.00000162. The van der Waals surface area contributed by atoms with E-state index in [4.69, 9.17) is 5.73 Å². The quantitative estimate of drug-likeness (QED) is 0.901. The number of halogens is 1. The second kappa shape index (κ2) is 7.07. The van der Waals surface area contributed by atoms with Gasteiger partial charge in [0.15, 0.2) is 0 Å². The molecule has 2 rings (SSSR count). The van der Waals surface area contributed by atoms with E-state index in [9.17, 15) is 0 Å². The molecule has 1 aromatic rings. The van der Waals surface area contributed by atoms with E-state index in [1.54, 1.807) is 6.33 Å².